The van der Waals surface area contributed by atoms with Gasteiger partial charge in [-0.05, 0) is 42.7 Å². The molecule has 3 N–H and O–H groups in total. The van der Waals surface area contributed by atoms with Gasteiger partial charge in [0.15, 0.2) is 0 Å². The minimum absolute atomic E-state index is 0.149. The van der Waals surface area contributed by atoms with E-state index in [1.807, 2.05) is 0 Å². The number of carbonyl (C=O) groups excluding carboxylic acids is 1. The molecule has 0 radical (unpaired) electrons. The van der Waals surface area contributed by atoms with Gasteiger partial charge >= 0.3 is 0 Å². The molecule has 0 aliphatic carbocycles. The summed E-state index contributed by atoms with van der Waals surface area (Å²) >= 11 is 0. The zero-order valence-electron chi connectivity index (χ0n) is 13.2. The molecular weight excluding hydrogens is 312 g/mol. The zero-order chi connectivity index (χ0) is 17.0. The van der Waals surface area contributed by atoms with Crippen LogP contribution < -0.4 is 10.5 Å². The predicted octanol–water partition coefficient (Wildman–Crippen LogP) is 2.85. The first-order valence-electron chi connectivity index (χ1n) is 7.36. The monoisotopic (exact) mass is 332 g/mol. The molecule has 0 unspecified atom stereocenters. The first-order valence-corrected chi connectivity index (χ1v) is 8.84. The number of nitrogens with one attached hydrogen (secondary N) is 1. The Bertz CT molecular complexity index is 812. The van der Waals surface area contributed by atoms with Gasteiger partial charge in [0, 0.05) is 0 Å². The summed E-state index contributed by atoms with van der Waals surface area (Å²) in [6, 6.07) is 11.6. The molecular formula is C17H20N2O3S. The molecule has 2 aromatic carbocycles. The van der Waals surface area contributed by atoms with Gasteiger partial charge in [0.05, 0.1) is 16.1 Å². The molecule has 0 aliphatic rings. The van der Waals surface area contributed by atoms with Gasteiger partial charge < -0.3 is 5.73 Å². The molecule has 1 amide bonds. The molecule has 0 aliphatic heterocycles. The van der Waals surface area contributed by atoms with Crippen molar-refractivity contribution in [3.05, 3.63) is 59.2 Å². The third kappa shape index (κ3) is 3.90. The van der Waals surface area contributed by atoms with Crippen LogP contribution in [-0.2, 0) is 16.4 Å². The number of nitrogens with two attached hydrogens (primary N) is 1. The SMILES string of the molecule is CCCc1ccc(S(=O)(=O)Nc2c(C)cccc2C(N)=O)cc1. The van der Waals surface area contributed by atoms with E-state index >= 15 is 0 Å². The predicted molar refractivity (Wildman–Crippen MR) is 90.9 cm³/mol. The lowest BCUT2D eigenvalue weighted by atomic mass is 10.1. The van der Waals surface area contributed by atoms with Crippen LogP contribution in [0.3, 0.4) is 0 Å². The largest absolute Gasteiger partial charge is 0.366 e. The molecule has 0 aromatic heterocycles. The summed E-state index contributed by atoms with van der Waals surface area (Å²) in [4.78, 5) is 11.6. The van der Waals surface area contributed by atoms with Crippen molar-refractivity contribution in [2.75, 3.05) is 4.72 Å². The molecule has 122 valence electrons. The number of rotatable bonds is 6. The second kappa shape index (κ2) is 6.83. The maximum Gasteiger partial charge on any atom is 0.261 e. The van der Waals surface area contributed by atoms with Gasteiger partial charge in [-0.15, -0.1) is 0 Å². The lowest BCUT2D eigenvalue weighted by Crippen LogP contribution is -2.19. The Balaban J connectivity index is 2.37. The minimum Gasteiger partial charge on any atom is -0.366 e. The van der Waals surface area contributed by atoms with Gasteiger partial charge in [0.25, 0.3) is 15.9 Å². The molecule has 5 nitrogen and oxygen atoms in total. The summed E-state index contributed by atoms with van der Waals surface area (Å²) in [5, 5.41) is 0. The Morgan fingerprint density at radius 1 is 1.13 bits per heavy atom. The van der Waals surface area contributed by atoms with Gasteiger partial charge in [-0.3, -0.25) is 9.52 Å². The number of hydrogen-bond acceptors (Lipinski definition) is 3. The van der Waals surface area contributed by atoms with Crippen molar-refractivity contribution in [2.45, 2.75) is 31.6 Å². The van der Waals surface area contributed by atoms with Crippen molar-refractivity contribution in [2.24, 2.45) is 5.73 Å². The van der Waals surface area contributed by atoms with Crippen molar-refractivity contribution in [1.29, 1.82) is 0 Å². The van der Waals surface area contributed by atoms with E-state index in [1.54, 1.807) is 43.3 Å². The van der Waals surface area contributed by atoms with Crippen LogP contribution in [0.4, 0.5) is 5.69 Å². The highest BCUT2D eigenvalue weighted by Gasteiger charge is 2.19. The Morgan fingerprint density at radius 3 is 2.35 bits per heavy atom. The van der Waals surface area contributed by atoms with Gasteiger partial charge in [0.2, 0.25) is 0 Å². The van der Waals surface area contributed by atoms with Crippen molar-refractivity contribution in [1.82, 2.24) is 0 Å². The fourth-order valence-corrected chi connectivity index (χ4v) is 3.48. The number of anilines is 1. The molecule has 0 bridgehead atoms. The van der Waals surface area contributed by atoms with Crippen LogP contribution in [0, 0.1) is 6.92 Å². The number of carbonyl (C=O) groups is 1. The molecule has 23 heavy (non-hydrogen) atoms. The Morgan fingerprint density at radius 2 is 1.78 bits per heavy atom. The maximum absolute atomic E-state index is 12.5. The molecule has 0 fully saturated rings. The normalized spacial score (nSPS) is 11.2. The highest BCUT2D eigenvalue weighted by atomic mass is 32.2. The molecule has 2 aromatic rings. The fraction of sp³-hybridized carbons (Fsp3) is 0.235. The van der Waals surface area contributed by atoms with Crippen molar-refractivity contribution >= 4 is 21.6 Å². The van der Waals surface area contributed by atoms with Gasteiger partial charge in [-0.2, -0.15) is 0 Å². The number of sulfonamides is 1. The Hall–Kier alpha value is -2.34. The van der Waals surface area contributed by atoms with E-state index in [9.17, 15) is 13.2 Å². The van der Waals surface area contributed by atoms with Crippen LogP contribution in [0.1, 0.15) is 34.8 Å². The summed E-state index contributed by atoms with van der Waals surface area (Å²) in [6.45, 7) is 3.78. The fourth-order valence-electron chi connectivity index (χ4n) is 2.33. The second-order valence-corrected chi connectivity index (χ2v) is 7.04. The molecule has 0 saturated carbocycles. The zero-order valence-corrected chi connectivity index (χ0v) is 14.0. The summed E-state index contributed by atoms with van der Waals surface area (Å²) in [6.07, 6.45) is 1.90. The number of primary amides is 1. The average Bonchev–Trinajstić information content (AvgIpc) is 2.50. The molecule has 0 saturated heterocycles. The van der Waals surface area contributed by atoms with Gasteiger partial charge in [-0.25, -0.2) is 8.42 Å². The summed E-state index contributed by atoms with van der Waals surface area (Å²) in [5.74, 6) is -0.676. The van der Waals surface area contributed by atoms with E-state index in [4.69, 9.17) is 5.73 Å². The summed E-state index contributed by atoms with van der Waals surface area (Å²) < 4.78 is 27.5. The van der Waals surface area contributed by atoms with Crippen LogP contribution >= 0.6 is 0 Å². The Labute approximate surface area is 136 Å². The molecule has 0 spiro atoms. The van der Waals surface area contributed by atoms with Crippen molar-refractivity contribution in [3.8, 4) is 0 Å². The van der Waals surface area contributed by atoms with Crippen LogP contribution in [0.2, 0.25) is 0 Å². The third-order valence-corrected chi connectivity index (χ3v) is 4.91. The number of aryl methyl sites for hydroxylation is 2. The Kier molecular flexibility index (Phi) is 5.05. The number of benzene rings is 2. The second-order valence-electron chi connectivity index (χ2n) is 5.36. The van der Waals surface area contributed by atoms with E-state index in [1.165, 1.54) is 6.07 Å². The van der Waals surface area contributed by atoms with Crippen LogP contribution in [0.15, 0.2) is 47.4 Å². The summed E-state index contributed by atoms with van der Waals surface area (Å²) in [7, 11) is -3.78. The van der Waals surface area contributed by atoms with E-state index in [-0.39, 0.29) is 16.1 Å². The van der Waals surface area contributed by atoms with E-state index < -0.39 is 15.9 Å². The summed E-state index contributed by atoms with van der Waals surface area (Å²) in [5.41, 5.74) is 7.41. The molecule has 0 atom stereocenters. The molecule has 0 heterocycles. The van der Waals surface area contributed by atoms with Crippen LogP contribution in [-0.4, -0.2) is 14.3 Å². The van der Waals surface area contributed by atoms with Crippen LogP contribution in [0.5, 0.6) is 0 Å². The lowest BCUT2D eigenvalue weighted by Gasteiger charge is -2.14. The number of amides is 1. The lowest BCUT2D eigenvalue weighted by molar-refractivity contribution is 0.100. The van der Waals surface area contributed by atoms with E-state index in [0.717, 1.165) is 18.4 Å². The van der Waals surface area contributed by atoms with E-state index in [2.05, 4.69) is 11.6 Å². The highest BCUT2D eigenvalue weighted by Crippen LogP contribution is 2.24. The first kappa shape index (κ1) is 17.0. The molecule has 2 rings (SSSR count). The van der Waals surface area contributed by atoms with Crippen molar-refractivity contribution in [3.63, 3.8) is 0 Å². The smallest absolute Gasteiger partial charge is 0.261 e. The van der Waals surface area contributed by atoms with Gasteiger partial charge in [0.1, 0.15) is 0 Å². The molecule has 6 heteroatoms. The average molecular weight is 332 g/mol. The quantitative estimate of drug-likeness (QED) is 0.852. The standard InChI is InChI=1S/C17H20N2O3S/c1-3-5-13-8-10-14(11-9-13)23(21,22)19-16-12(2)6-4-7-15(16)17(18)20/h4,6-11,19H,3,5H2,1-2H3,(H2,18,20). The highest BCUT2D eigenvalue weighted by molar-refractivity contribution is 7.92. The topological polar surface area (TPSA) is 89.3 Å². The van der Waals surface area contributed by atoms with Gasteiger partial charge in [-0.1, -0.05) is 37.6 Å². The third-order valence-electron chi connectivity index (χ3n) is 3.55. The number of para-hydroxylation sites is 1. The number of hydrogen-bond donors (Lipinski definition) is 2. The first-order chi connectivity index (χ1) is 10.8. The van der Waals surface area contributed by atoms with Crippen molar-refractivity contribution < 1.29 is 13.2 Å². The van der Waals surface area contributed by atoms with Crippen LogP contribution in [0.25, 0.3) is 0 Å². The minimum atomic E-state index is -3.78. The maximum atomic E-state index is 12.5. The van der Waals surface area contributed by atoms with E-state index in [0.29, 0.717) is 5.56 Å².